The quantitative estimate of drug-likeness (QED) is 0.701. The number of rotatable bonds is 5. The lowest BCUT2D eigenvalue weighted by molar-refractivity contribution is 0.537. The van der Waals surface area contributed by atoms with Crippen LogP contribution in [0.2, 0.25) is 0 Å². The third-order valence-corrected chi connectivity index (χ3v) is 7.13. The lowest BCUT2D eigenvalue weighted by Gasteiger charge is -2.10. The summed E-state index contributed by atoms with van der Waals surface area (Å²) in [5.74, 6) is 2.77. The van der Waals surface area contributed by atoms with Gasteiger partial charge in [-0.2, -0.15) is 0 Å². The fourth-order valence-electron chi connectivity index (χ4n) is 2.91. The van der Waals surface area contributed by atoms with E-state index in [2.05, 4.69) is 0 Å². The van der Waals surface area contributed by atoms with E-state index in [1.54, 1.807) is 0 Å². The van der Waals surface area contributed by atoms with Crippen LogP contribution in [0.25, 0.3) is 0 Å². The molecule has 0 unspecified atom stereocenters. The third kappa shape index (κ3) is 1.93. The van der Waals surface area contributed by atoms with Gasteiger partial charge in [-0.3, -0.25) is 0 Å². The van der Waals surface area contributed by atoms with Crippen LogP contribution in [0, 0.1) is 17.8 Å². The second kappa shape index (κ2) is 3.13. The van der Waals surface area contributed by atoms with E-state index in [1.165, 1.54) is 19.3 Å². The van der Waals surface area contributed by atoms with Gasteiger partial charge in [0.25, 0.3) is 0 Å². The first-order valence-corrected chi connectivity index (χ1v) is 8.27. The zero-order valence-electron chi connectivity index (χ0n) is 8.78. The average molecular weight is 249 g/mol. The van der Waals surface area contributed by atoms with Crippen LogP contribution >= 0.6 is 10.7 Å². The monoisotopic (exact) mass is 248 g/mol. The third-order valence-electron chi connectivity index (χ3n) is 4.50. The van der Waals surface area contributed by atoms with Crippen molar-refractivity contribution in [2.75, 3.05) is 0 Å². The molecular formula is C11H17ClO2S. The normalized spacial score (nSPS) is 37.7. The number of hydrogen-bond donors (Lipinski definition) is 0. The molecule has 0 aromatic carbocycles. The minimum atomic E-state index is -3.31. The fraction of sp³-hybridized carbons (Fsp3) is 1.00. The highest BCUT2D eigenvalue weighted by Gasteiger charge is 2.55. The summed E-state index contributed by atoms with van der Waals surface area (Å²) in [6.45, 7) is 0. The van der Waals surface area contributed by atoms with Crippen LogP contribution in [-0.2, 0) is 9.05 Å². The van der Waals surface area contributed by atoms with Gasteiger partial charge in [0.15, 0.2) is 0 Å². The molecule has 0 aromatic heterocycles. The van der Waals surface area contributed by atoms with E-state index in [0.717, 1.165) is 43.4 Å². The molecule has 0 saturated heterocycles. The first-order chi connectivity index (χ1) is 7.02. The molecule has 3 saturated carbocycles. The SMILES string of the molecule is O=S(=O)(Cl)C1(CC[C@@H]2C[C@H]2C2CC2)CC1. The van der Waals surface area contributed by atoms with Gasteiger partial charge in [-0.25, -0.2) is 8.42 Å². The van der Waals surface area contributed by atoms with E-state index in [9.17, 15) is 8.42 Å². The average Bonchev–Trinajstić information content (AvgIpc) is 2.92. The number of halogens is 1. The molecule has 15 heavy (non-hydrogen) atoms. The van der Waals surface area contributed by atoms with Gasteiger partial charge in [-0.15, -0.1) is 0 Å². The number of hydrogen-bond acceptors (Lipinski definition) is 2. The first-order valence-electron chi connectivity index (χ1n) is 5.96. The molecule has 3 rings (SSSR count). The van der Waals surface area contributed by atoms with Crippen molar-refractivity contribution >= 4 is 19.7 Å². The van der Waals surface area contributed by atoms with Crippen molar-refractivity contribution in [3.05, 3.63) is 0 Å². The molecule has 0 bridgehead atoms. The van der Waals surface area contributed by atoms with Crippen LogP contribution in [0.1, 0.15) is 44.9 Å². The summed E-state index contributed by atoms with van der Waals surface area (Å²) >= 11 is 0. The predicted molar refractivity (Wildman–Crippen MR) is 60.3 cm³/mol. The smallest absolute Gasteiger partial charge is 0.212 e. The van der Waals surface area contributed by atoms with Crippen molar-refractivity contribution < 1.29 is 8.42 Å². The van der Waals surface area contributed by atoms with Crippen molar-refractivity contribution in [1.29, 1.82) is 0 Å². The molecule has 2 nitrogen and oxygen atoms in total. The molecule has 4 heteroatoms. The summed E-state index contributed by atoms with van der Waals surface area (Å²) in [5, 5.41) is 0. The van der Waals surface area contributed by atoms with E-state index in [4.69, 9.17) is 10.7 Å². The van der Waals surface area contributed by atoms with Crippen LogP contribution < -0.4 is 0 Å². The van der Waals surface area contributed by atoms with Crippen molar-refractivity contribution in [3.8, 4) is 0 Å². The maximum Gasteiger partial charge on any atom is 0.238 e. The second-order valence-corrected chi connectivity index (χ2v) is 8.62. The van der Waals surface area contributed by atoms with E-state index < -0.39 is 13.8 Å². The fourth-order valence-corrected chi connectivity index (χ4v) is 4.55. The van der Waals surface area contributed by atoms with Gasteiger partial charge in [0.1, 0.15) is 0 Å². The maximum absolute atomic E-state index is 11.3. The molecule has 0 radical (unpaired) electrons. The molecule has 86 valence electrons. The van der Waals surface area contributed by atoms with Crippen molar-refractivity contribution in [2.24, 2.45) is 17.8 Å². The molecule has 0 aromatic rings. The Hall–Kier alpha value is 0.240. The molecule has 0 heterocycles. The van der Waals surface area contributed by atoms with Gasteiger partial charge in [0.2, 0.25) is 9.05 Å². The zero-order chi connectivity index (χ0) is 10.7. The minimum absolute atomic E-state index is 0.509. The van der Waals surface area contributed by atoms with Crippen LogP contribution in [0.3, 0.4) is 0 Å². The topological polar surface area (TPSA) is 34.1 Å². The Labute approximate surface area is 95.8 Å². The molecule has 2 atom stereocenters. The van der Waals surface area contributed by atoms with Gasteiger partial charge in [-0.05, 0) is 62.7 Å². The highest BCUT2D eigenvalue weighted by molar-refractivity contribution is 8.15. The van der Waals surface area contributed by atoms with Crippen LogP contribution in [-0.4, -0.2) is 13.2 Å². The van der Waals surface area contributed by atoms with Crippen molar-refractivity contribution in [2.45, 2.75) is 49.7 Å². The van der Waals surface area contributed by atoms with Gasteiger partial charge in [-0.1, -0.05) is 0 Å². The second-order valence-electron chi connectivity index (χ2n) is 5.66. The summed E-state index contributed by atoms with van der Waals surface area (Å²) in [6, 6.07) is 0. The van der Waals surface area contributed by atoms with Crippen molar-refractivity contribution in [1.82, 2.24) is 0 Å². The summed E-state index contributed by atoms with van der Waals surface area (Å²) < 4.78 is 22.2. The van der Waals surface area contributed by atoms with Crippen LogP contribution in [0.15, 0.2) is 0 Å². The Morgan fingerprint density at radius 1 is 1.27 bits per heavy atom. The standard InChI is InChI=1S/C11H17ClO2S/c12-15(13,14)11(5-6-11)4-3-9-7-10(9)8-1-2-8/h8-10H,1-7H2/t9-,10+/m1/s1. The Bertz CT molecular complexity index is 368. The van der Waals surface area contributed by atoms with Crippen LogP contribution in [0.4, 0.5) is 0 Å². The minimum Gasteiger partial charge on any atom is -0.212 e. The lowest BCUT2D eigenvalue weighted by atomic mass is 10.1. The maximum atomic E-state index is 11.3. The summed E-state index contributed by atoms with van der Waals surface area (Å²) in [7, 11) is 2.17. The summed E-state index contributed by atoms with van der Waals surface area (Å²) in [5.41, 5.74) is 0. The van der Waals surface area contributed by atoms with Crippen LogP contribution in [0.5, 0.6) is 0 Å². The van der Waals surface area contributed by atoms with Gasteiger partial charge >= 0.3 is 0 Å². The molecule has 3 aliphatic carbocycles. The van der Waals surface area contributed by atoms with E-state index >= 15 is 0 Å². The van der Waals surface area contributed by atoms with Crippen molar-refractivity contribution in [3.63, 3.8) is 0 Å². The molecule has 0 amide bonds. The van der Waals surface area contributed by atoms with E-state index in [1.807, 2.05) is 0 Å². The Morgan fingerprint density at radius 2 is 1.93 bits per heavy atom. The van der Waals surface area contributed by atoms with Gasteiger partial charge in [0.05, 0.1) is 4.75 Å². The Balaban J connectivity index is 1.51. The molecular weight excluding hydrogens is 232 g/mol. The van der Waals surface area contributed by atoms with E-state index in [0.29, 0.717) is 0 Å². The molecule has 0 spiro atoms. The molecule has 0 aliphatic heterocycles. The van der Waals surface area contributed by atoms with E-state index in [-0.39, 0.29) is 0 Å². The largest absolute Gasteiger partial charge is 0.238 e. The molecule has 3 fully saturated rings. The van der Waals surface area contributed by atoms with Gasteiger partial charge in [0, 0.05) is 10.7 Å². The first kappa shape index (κ1) is 10.4. The summed E-state index contributed by atoms with van der Waals surface area (Å²) in [6.07, 6.45) is 7.67. The summed E-state index contributed by atoms with van der Waals surface area (Å²) in [4.78, 5) is 0. The molecule has 3 aliphatic rings. The predicted octanol–water partition coefficient (Wildman–Crippen LogP) is 2.91. The highest BCUT2D eigenvalue weighted by Crippen LogP contribution is 2.58. The zero-order valence-corrected chi connectivity index (χ0v) is 10.4. The highest BCUT2D eigenvalue weighted by atomic mass is 35.7. The lowest BCUT2D eigenvalue weighted by Crippen LogP contribution is -2.17. The van der Waals surface area contributed by atoms with Gasteiger partial charge < -0.3 is 0 Å². The molecule has 0 N–H and O–H groups in total. The Morgan fingerprint density at radius 3 is 2.40 bits per heavy atom. The Kier molecular flexibility index (Phi) is 2.17.